The minimum absolute atomic E-state index is 0.0433. The number of carbonyl (C=O) groups is 1. The largest absolute Gasteiger partial charge is 0.293 e. The Kier molecular flexibility index (Phi) is 1.90. The molecule has 0 saturated carbocycles. The molecule has 2 aliphatic rings. The van der Waals surface area contributed by atoms with Gasteiger partial charge < -0.3 is 0 Å². The van der Waals surface area contributed by atoms with Crippen LogP contribution in [0.5, 0.6) is 0 Å². The van der Waals surface area contributed by atoms with Crippen molar-refractivity contribution in [3.05, 3.63) is 58.7 Å². The van der Waals surface area contributed by atoms with Crippen molar-refractivity contribution in [2.45, 2.75) is 19.8 Å². The molecule has 0 heterocycles. The fraction of sp³-hybridized carbons (Fsp3) is 0.267. The number of Topliss-reactive ketones (excluding diaryl/α,β-unsaturated/α-hetero) is 1. The van der Waals surface area contributed by atoms with Gasteiger partial charge in [0.15, 0.2) is 5.78 Å². The number of hydrogen-bond acceptors (Lipinski definition) is 1. The first-order valence-electron chi connectivity index (χ1n) is 5.68. The smallest absolute Gasteiger partial charge is 0.170 e. The summed E-state index contributed by atoms with van der Waals surface area (Å²) in [5, 5.41) is 0. The summed E-state index contributed by atoms with van der Waals surface area (Å²) in [6.07, 6.45) is 6.38. The van der Waals surface area contributed by atoms with Gasteiger partial charge in [-0.2, -0.15) is 0 Å². The number of fused-ring (bicyclic) bond motifs is 3. The SMILES string of the molecule is CC1=CC2C(=O)c3cc(C)ccc3C2C=C1. The Labute approximate surface area is 95.5 Å². The second-order valence-corrected chi connectivity index (χ2v) is 4.78. The van der Waals surface area contributed by atoms with Gasteiger partial charge in [-0.15, -0.1) is 0 Å². The number of benzene rings is 1. The molecule has 1 aromatic rings. The predicted octanol–water partition coefficient (Wildman–Crippen LogP) is 3.41. The van der Waals surface area contributed by atoms with Gasteiger partial charge in [-0.25, -0.2) is 0 Å². The highest BCUT2D eigenvalue weighted by atomic mass is 16.1. The van der Waals surface area contributed by atoms with E-state index in [0.29, 0.717) is 0 Å². The maximum atomic E-state index is 12.3. The van der Waals surface area contributed by atoms with E-state index in [1.807, 2.05) is 19.9 Å². The first kappa shape index (κ1) is 9.59. The molecule has 16 heavy (non-hydrogen) atoms. The molecule has 3 rings (SSSR count). The lowest BCUT2D eigenvalue weighted by Gasteiger charge is -2.16. The zero-order chi connectivity index (χ0) is 11.3. The summed E-state index contributed by atoms with van der Waals surface area (Å²) >= 11 is 0. The van der Waals surface area contributed by atoms with Crippen molar-refractivity contribution in [3.63, 3.8) is 0 Å². The highest BCUT2D eigenvalue weighted by molar-refractivity contribution is 6.05. The summed E-state index contributed by atoms with van der Waals surface area (Å²) in [6, 6.07) is 6.21. The Morgan fingerprint density at radius 2 is 1.94 bits per heavy atom. The molecular weight excluding hydrogens is 196 g/mol. The van der Waals surface area contributed by atoms with E-state index < -0.39 is 0 Å². The first-order valence-corrected chi connectivity index (χ1v) is 5.68. The van der Waals surface area contributed by atoms with Gasteiger partial charge in [0.2, 0.25) is 0 Å². The molecule has 0 aliphatic heterocycles. The van der Waals surface area contributed by atoms with Crippen molar-refractivity contribution in [1.29, 1.82) is 0 Å². The Balaban J connectivity index is 2.17. The number of carbonyl (C=O) groups excluding carboxylic acids is 1. The maximum Gasteiger partial charge on any atom is 0.170 e. The third kappa shape index (κ3) is 1.21. The minimum Gasteiger partial charge on any atom is -0.293 e. The number of ketones is 1. The van der Waals surface area contributed by atoms with E-state index in [1.54, 1.807) is 0 Å². The Hall–Kier alpha value is -1.63. The van der Waals surface area contributed by atoms with Crippen molar-refractivity contribution in [2.24, 2.45) is 5.92 Å². The Morgan fingerprint density at radius 1 is 1.12 bits per heavy atom. The van der Waals surface area contributed by atoms with Crippen LogP contribution in [0.3, 0.4) is 0 Å². The first-order chi connectivity index (χ1) is 7.66. The molecule has 1 aromatic carbocycles. The topological polar surface area (TPSA) is 17.1 Å². The average molecular weight is 210 g/mol. The fourth-order valence-electron chi connectivity index (χ4n) is 2.71. The normalized spacial score (nSPS) is 26.4. The standard InChI is InChI=1S/C15H14O/c1-9-3-5-11-12-6-4-10(2)8-14(12)15(16)13(11)7-9/h3-8,11,13H,1-2H3. The van der Waals surface area contributed by atoms with Crippen LogP contribution in [-0.2, 0) is 0 Å². The molecule has 0 fully saturated rings. The number of rotatable bonds is 0. The average Bonchev–Trinajstić information content (AvgIpc) is 2.53. The van der Waals surface area contributed by atoms with Gasteiger partial charge >= 0.3 is 0 Å². The van der Waals surface area contributed by atoms with Crippen LogP contribution in [-0.4, -0.2) is 5.78 Å². The minimum atomic E-state index is 0.0433. The van der Waals surface area contributed by atoms with Crippen LogP contribution in [0.25, 0.3) is 0 Å². The summed E-state index contributed by atoms with van der Waals surface area (Å²) in [6.45, 7) is 4.08. The van der Waals surface area contributed by atoms with Crippen molar-refractivity contribution in [1.82, 2.24) is 0 Å². The Morgan fingerprint density at radius 3 is 2.75 bits per heavy atom. The van der Waals surface area contributed by atoms with E-state index in [4.69, 9.17) is 0 Å². The van der Waals surface area contributed by atoms with E-state index in [-0.39, 0.29) is 17.6 Å². The lowest BCUT2D eigenvalue weighted by molar-refractivity contribution is 0.0954. The second-order valence-electron chi connectivity index (χ2n) is 4.78. The van der Waals surface area contributed by atoms with Gasteiger partial charge in [0.05, 0.1) is 5.92 Å². The van der Waals surface area contributed by atoms with Crippen LogP contribution in [0.2, 0.25) is 0 Å². The summed E-state index contributed by atoms with van der Waals surface area (Å²) in [5.41, 5.74) is 4.47. The molecule has 2 atom stereocenters. The zero-order valence-corrected chi connectivity index (χ0v) is 9.53. The molecule has 1 nitrogen and oxygen atoms in total. The monoisotopic (exact) mass is 210 g/mol. The summed E-state index contributed by atoms with van der Waals surface area (Å²) in [4.78, 5) is 12.3. The number of hydrogen-bond donors (Lipinski definition) is 0. The molecule has 0 aromatic heterocycles. The van der Waals surface area contributed by atoms with Gasteiger partial charge in [-0.1, -0.05) is 41.5 Å². The molecule has 80 valence electrons. The van der Waals surface area contributed by atoms with Gasteiger partial charge in [0, 0.05) is 11.5 Å². The highest BCUT2D eigenvalue weighted by Crippen LogP contribution is 2.42. The predicted molar refractivity (Wildman–Crippen MR) is 64.6 cm³/mol. The Bertz CT molecular complexity index is 534. The molecule has 0 bridgehead atoms. The van der Waals surface area contributed by atoms with E-state index in [0.717, 1.165) is 11.1 Å². The summed E-state index contributed by atoms with van der Waals surface area (Å²) < 4.78 is 0. The van der Waals surface area contributed by atoms with E-state index in [9.17, 15) is 4.79 Å². The molecule has 0 radical (unpaired) electrons. The summed E-state index contributed by atoms with van der Waals surface area (Å²) in [7, 11) is 0. The van der Waals surface area contributed by atoms with Crippen LogP contribution < -0.4 is 0 Å². The van der Waals surface area contributed by atoms with Crippen LogP contribution >= 0.6 is 0 Å². The van der Waals surface area contributed by atoms with E-state index >= 15 is 0 Å². The fourth-order valence-corrected chi connectivity index (χ4v) is 2.71. The molecule has 0 spiro atoms. The second kappa shape index (κ2) is 3.18. The number of allylic oxidation sites excluding steroid dienone is 4. The molecule has 2 unspecified atom stereocenters. The lowest BCUT2D eigenvalue weighted by Crippen LogP contribution is -2.12. The maximum absolute atomic E-state index is 12.3. The van der Waals surface area contributed by atoms with E-state index in [1.165, 1.54) is 11.1 Å². The molecule has 2 aliphatic carbocycles. The van der Waals surface area contributed by atoms with Crippen molar-refractivity contribution in [2.75, 3.05) is 0 Å². The van der Waals surface area contributed by atoms with Gasteiger partial charge in [-0.3, -0.25) is 4.79 Å². The van der Waals surface area contributed by atoms with Crippen LogP contribution in [0.15, 0.2) is 42.0 Å². The molecule has 1 heteroatoms. The van der Waals surface area contributed by atoms with Crippen LogP contribution in [0.1, 0.15) is 34.3 Å². The van der Waals surface area contributed by atoms with Gasteiger partial charge in [0.25, 0.3) is 0 Å². The summed E-state index contributed by atoms with van der Waals surface area (Å²) in [5.74, 6) is 0.598. The number of aryl methyl sites for hydroxylation is 1. The third-order valence-electron chi connectivity index (χ3n) is 3.53. The van der Waals surface area contributed by atoms with Crippen LogP contribution in [0, 0.1) is 12.8 Å². The highest BCUT2D eigenvalue weighted by Gasteiger charge is 2.37. The van der Waals surface area contributed by atoms with E-state index in [2.05, 4.69) is 30.4 Å². The molecule has 0 amide bonds. The van der Waals surface area contributed by atoms with Gasteiger partial charge in [-0.05, 0) is 25.5 Å². The van der Waals surface area contributed by atoms with Crippen molar-refractivity contribution in [3.8, 4) is 0 Å². The van der Waals surface area contributed by atoms with Gasteiger partial charge in [0.1, 0.15) is 0 Å². The quantitative estimate of drug-likeness (QED) is 0.641. The molecular formula is C15H14O. The molecule has 0 N–H and O–H groups in total. The van der Waals surface area contributed by atoms with Crippen molar-refractivity contribution < 1.29 is 4.79 Å². The van der Waals surface area contributed by atoms with Crippen LogP contribution in [0.4, 0.5) is 0 Å². The lowest BCUT2D eigenvalue weighted by atomic mass is 9.86. The molecule has 0 saturated heterocycles. The van der Waals surface area contributed by atoms with Crippen molar-refractivity contribution >= 4 is 5.78 Å². The third-order valence-corrected chi connectivity index (χ3v) is 3.53. The zero-order valence-electron chi connectivity index (χ0n) is 9.53.